The van der Waals surface area contributed by atoms with E-state index in [2.05, 4.69) is 9.97 Å². The standard InChI is InChI=1S/C20H14ClN3O2S/c21-14-4-8-16(9-5-14)27(26)15-6-1-12(2-7-15)20-23-17-10-3-13(19(22)25)11-18(17)24-20/h1-11H,(H2,22,25)(H,23,24). The third kappa shape index (κ3) is 3.55. The van der Waals surface area contributed by atoms with Gasteiger partial charge in [-0.1, -0.05) is 11.6 Å². The van der Waals surface area contributed by atoms with Crippen LogP contribution >= 0.6 is 11.6 Å². The number of nitrogens with zero attached hydrogens (tertiary/aromatic N) is 1. The largest absolute Gasteiger partial charge is 0.606 e. The summed E-state index contributed by atoms with van der Waals surface area (Å²) in [7, 11) is 0. The highest BCUT2D eigenvalue weighted by molar-refractivity contribution is 7.91. The number of nitrogens with two attached hydrogens (primary N) is 1. The first-order valence-electron chi connectivity index (χ1n) is 8.08. The van der Waals surface area contributed by atoms with Gasteiger partial charge in [0, 0.05) is 27.3 Å². The Kier molecular flexibility index (Phi) is 4.61. The molecule has 0 spiro atoms. The Morgan fingerprint density at radius 2 is 1.63 bits per heavy atom. The number of imidazole rings is 1. The number of hydrogen-bond donors (Lipinski definition) is 2. The molecule has 0 saturated heterocycles. The van der Waals surface area contributed by atoms with Gasteiger partial charge in [-0.05, 0) is 66.7 Å². The maximum absolute atomic E-state index is 12.6. The number of aromatic nitrogens is 2. The zero-order valence-electron chi connectivity index (χ0n) is 14.0. The van der Waals surface area contributed by atoms with Crippen LogP contribution in [0.15, 0.2) is 76.5 Å². The van der Waals surface area contributed by atoms with E-state index >= 15 is 0 Å². The fourth-order valence-corrected chi connectivity index (χ4v) is 3.89. The molecular formula is C20H14ClN3O2S. The first kappa shape index (κ1) is 17.6. The summed E-state index contributed by atoms with van der Waals surface area (Å²) >= 11 is 4.59. The van der Waals surface area contributed by atoms with Crippen LogP contribution in [0, 0.1) is 0 Å². The van der Waals surface area contributed by atoms with Crippen LogP contribution in [0.5, 0.6) is 0 Å². The van der Waals surface area contributed by atoms with Crippen molar-refractivity contribution in [3.05, 3.63) is 77.3 Å². The predicted octanol–water partition coefficient (Wildman–Crippen LogP) is 4.15. The third-order valence-electron chi connectivity index (χ3n) is 4.14. The molecule has 134 valence electrons. The third-order valence-corrected chi connectivity index (χ3v) is 5.79. The average molecular weight is 396 g/mol. The number of carbonyl (C=O) groups excluding carboxylic acids is 1. The number of aromatic amines is 1. The molecule has 0 fully saturated rings. The molecule has 0 aliphatic heterocycles. The van der Waals surface area contributed by atoms with Gasteiger partial charge in [-0.15, -0.1) is 0 Å². The van der Waals surface area contributed by atoms with Gasteiger partial charge in [0.1, 0.15) is 5.82 Å². The van der Waals surface area contributed by atoms with E-state index in [-0.39, 0.29) is 0 Å². The number of nitrogens with one attached hydrogen (secondary N) is 1. The van der Waals surface area contributed by atoms with Crippen LogP contribution in [-0.4, -0.2) is 20.4 Å². The number of fused-ring (bicyclic) bond motifs is 1. The van der Waals surface area contributed by atoms with Crippen molar-refractivity contribution in [3.8, 4) is 11.4 Å². The predicted molar refractivity (Wildman–Crippen MR) is 106 cm³/mol. The molecule has 0 aliphatic carbocycles. The smallest absolute Gasteiger partial charge is 0.248 e. The minimum Gasteiger partial charge on any atom is -0.606 e. The number of carbonyl (C=O) groups is 1. The molecule has 7 heteroatoms. The quantitative estimate of drug-likeness (QED) is 0.508. The number of halogens is 1. The zero-order chi connectivity index (χ0) is 19.0. The highest BCUT2D eigenvalue weighted by Gasteiger charge is 2.15. The Bertz CT molecular complexity index is 1120. The van der Waals surface area contributed by atoms with E-state index in [4.69, 9.17) is 17.3 Å². The van der Waals surface area contributed by atoms with Gasteiger partial charge in [-0.3, -0.25) is 4.79 Å². The van der Waals surface area contributed by atoms with Crippen molar-refractivity contribution < 1.29 is 9.35 Å². The van der Waals surface area contributed by atoms with Gasteiger partial charge in [0.15, 0.2) is 9.79 Å². The van der Waals surface area contributed by atoms with Crippen molar-refractivity contribution in [2.75, 3.05) is 0 Å². The lowest BCUT2D eigenvalue weighted by molar-refractivity contribution is 0.100. The topological polar surface area (TPSA) is 94.8 Å². The normalized spacial score (nSPS) is 12.2. The van der Waals surface area contributed by atoms with Crippen LogP contribution in [0.4, 0.5) is 0 Å². The van der Waals surface area contributed by atoms with Crippen LogP contribution < -0.4 is 5.73 Å². The van der Waals surface area contributed by atoms with Gasteiger partial charge < -0.3 is 15.3 Å². The van der Waals surface area contributed by atoms with E-state index in [9.17, 15) is 9.35 Å². The second kappa shape index (κ2) is 7.08. The van der Waals surface area contributed by atoms with Gasteiger partial charge in [-0.25, -0.2) is 4.98 Å². The lowest BCUT2D eigenvalue weighted by Gasteiger charge is -2.10. The SMILES string of the molecule is NC(=O)c1ccc2nc(-c3ccc([S+]([O-])c4ccc(Cl)cc4)cc3)[nH]c2c1. The van der Waals surface area contributed by atoms with Gasteiger partial charge in [0.2, 0.25) is 5.91 Å². The van der Waals surface area contributed by atoms with E-state index in [1.807, 2.05) is 24.3 Å². The number of primary amides is 1. The lowest BCUT2D eigenvalue weighted by atomic mass is 10.2. The Balaban J connectivity index is 1.62. The van der Waals surface area contributed by atoms with Gasteiger partial charge in [0.25, 0.3) is 0 Å². The summed E-state index contributed by atoms with van der Waals surface area (Å²) in [4.78, 5) is 20.4. The maximum Gasteiger partial charge on any atom is 0.248 e. The van der Waals surface area contributed by atoms with Gasteiger partial charge >= 0.3 is 0 Å². The lowest BCUT2D eigenvalue weighted by Crippen LogP contribution is -2.10. The molecule has 5 nitrogen and oxygen atoms in total. The van der Waals surface area contributed by atoms with Crippen LogP contribution in [0.25, 0.3) is 22.4 Å². The van der Waals surface area contributed by atoms with Crippen molar-refractivity contribution in [2.24, 2.45) is 5.73 Å². The van der Waals surface area contributed by atoms with Crippen LogP contribution in [0.2, 0.25) is 5.02 Å². The summed E-state index contributed by atoms with van der Waals surface area (Å²) in [6, 6.07) is 19.3. The molecule has 27 heavy (non-hydrogen) atoms. The number of rotatable bonds is 4. The molecule has 3 aromatic carbocycles. The second-order valence-corrected chi connectivity index (χ2v) is 7.85. The first-order valence-corrected chi connectivity index (χ1v) is 9.61. The molecule has 4 rings (SSSR count). The van der Waals surface area contributed by atoms with Crippen LogP contribution in [0.3, 0.4) is 0 Å². The summed E-state index contributed by atoms with van der Waals surface area (Å²) < 4.78 is 12.6. The minimum absolute atomic E-state index is 0.423. The van der Waals surface area contributed by atoms with E-state index < -0.39 is 17.1 Å². The van der Waals surface area contributed by atoms with Crippen molar-refractivity contribution in [1.29, 1.82) is 0 Å². The van der Waals surface area contributed by atoms with E-state index in [0.717, 1.165) is 16.6 Å². The van der Waals surface area contributed by atoms with Crippen molar-refractivity contribution in [1.82, 2.24) is 9.97 Å². The summed E-state index contributed by atoms with van der Waals surface area (Å²) in [5.74, 6) is 0.178. The summed E-state index contributed by atoms with van der Waals surface area (Å²) in [5, 5.41) is 0.607. The van der Waals surface area contributed by atoms with Crippen LogP contribution in [0.1, 0.15) is 10.4 Å². The minimum atomic E-state index is -1.28. The molecule has 4 aromatic rings. The second-order valence-electron chi connectivity index (χ2n) is 5.93. The molecule has 0 aliphatic rings. The average Bonchev–Trinajstić information content (AvgIpc) is 3.11. The highest BCUT2D eigenvalue weighted by atomic mass is 35.5. The van der Waals surface area contributed by atoms with Crippen molar-refractivity contribution in [3.63, 3.8) is 0 Å². The Morgan fingerprint density at radius 1 is 1.00 bits per heavy atom. The molecule has 1 atom stereocenters. The number of benzene rings is 3. The maximum atomic E-state index is 12.6. The van der Waals surface area contributed by atoms with Gasteiger partial charge in [0.05, 0.1) is 11.0 Å². The fraction of sp³-hybridized carbons (Fsp3) is 0. The summed E-state index contributed by atoms with van der Waals surface area (Å²) in [6.07, 6.45) is 0. The van der Waals surface area contributed by atoms with Crippen molar-refractivity contribution in [2.45, 2.75) is 9.79 Å². The molecule has 0 radical (unpaired) electrons. The zero-order valence-corrected chi connectivity index (χ0v) is 15.6. The Labute approximate surface area is 163 Å². The fourth-order valence-electron chi connectivity index (χ4n) is 2.73. The molecule has 0 bridgehead atoms. The van der Waals surface area contributed by atoms with E-state index in [1.54, 1.807) is 42.5 Å². The monoisotopic (exact) mass is 395 g/mol. The molecule has 1 aromatic heterocycles. The Morgan fingerprint density at radius 3 is 2.26 bits per heavy atom. The number of amides is 1. The molecular weight excluding hydrogens is 382 g/mol. The molecule has 1 heterocycles. The molecule has 0 saturated carbocycles. The van der Waals surface area contributed by atoms with Gasteiger partial charge in [-0.2, -0.15) is 0 Å². The highest BCUT2D eigenvalue weighted by Crippen LogP contribution is 2.26. The van der Waals surface area contributed by atoms with Crippen molar-refractivity contribution >= 4 is 39.7 Å². The molecule has 3 N–H and O–H groups in total. The number of hydrogen-bond acceptors (Lipinski definition) is 3. The number of H-pyrrole nitrogens is 1. The van der Waals surface area contributed by atoms with E-state index in [0.29, 0.717) is 26.2 Å². The molecule has 1 amide bonds. The molecule has 1 unspecified atom stereocenters. The Hall–Kier alpha value is -2.80. The first-order chi connectivity index (χ1) is 13.0. The van der Waals surface area contributed by atoms with E-state index in [1.165, 1.54) is 0 Å². The van der Waals surface area contributed by atoms with Crippen LogP contribution in [-0.2, 0) is 11.2 Å². The summed E-state index contributed by atoms with van der Waals surface area (Å²) in [6.45, 7) is 0. The summed E-state index contributed by atoms with van der Waals surface area (Å²) in [5.41, 5.74) is 8.06.